The van der Waals surface area contributed by atoms with Crippen LogP contribution < -0.4 is 4.90 Å². The van der Waals surface area contributed by atoms with Crippen molar-refractivity contribution >= 4 is 16.7 Å². The number of piperidine rings is 1. The van der Waals surface area contributed by atoms with E-state index in [-0.39, 0.29) is 0 Å². The van der Waals surface area contributed by atoms with Crippen LogP contribution >= 0.6 is 11.5 Å². The number of aromatic nitrogens is 2. The molecule has 1 aliphatic carbocycles. The maximum absolute atomic E-state index is 4.56. The van der Waals surface area contributed by atoms with Crippen molar-refractivity contribution in [3.05, 3.63) is 5.82 Å². The second kappa shape index (κ2) is 3.19. The molecule has 2 unspecified atom stereocenters. The first-order valence-corrected chi connectivity index (χ1v) is 6.23. The zero-order chi connectivity index (χ0) is 9.54. The number of nitrogens with zero attached hydrogens (tertiary/aromatic N) is 3. The molecule has 2 fully saturated rings. The van der Waals surface area contributed by atoms with Crippen LogP contribution in [-0.4, -0.2) is 21.9 Å². The Hall–Kier alpha value is -0.640. The van der Waals surface area contributed by atoms with Crippen LogP contribution in [0.5, 0.6) is 0 Å². The molecule has 1 aromatic rings. The van der Waals surface area contributed by atoms with Crippen LogP contribution in [0.2, 0.25) is 0 Å². The number of hydrogen-bond acceptors (Lipinski definition) is 4. The lowest BCUT2D eigenvalue weighted by Crippen LogP contribution is -2.31. The Morgan fingerprint density at radius 2 is 2.43 bits per heavy atom. The summed E-state index contributed by atoms with van der Waals surface area (Å²) in [7, 11) is 0. The standard InChI is InChI=1S/C10H15N3S/c1-2-9-11-10(14-12-9)13-6-7-3-4-8(13)5-7/h7-8H,2-6H2,1H3. The Balaban J connectivity index is 1.82. The number of anilines is 1. The van der Waals surface area contributed by atoms with Crippen molar-refractivity contribution in [2.75, 3.05) is 11.4 Å². The largest absolute Gasteiger partial charge is 0.344 e. The fourth-order valence-electron chi connectivity index (χ4n) is 2.66. The molecule has 1 saturated heterocycles. The topological polar surface area (TPSA) is 29.0 Å². The lowest BCUT2D eigenvalue weighted by atomic mass is 10.1. The highest BCUT2D eigenvalue weighted by Gasteiger charge is 2.39. The van der Waals surface area contributed by atoms with E-state index in [1.54, 1.807) is 11.5 Å². The van der Waals surface area contributed by atoms with Crippen LogP contribution in [0.25, 0.3) is 0 Å². The van der Waals surface area contributed by atoms with Crippen molar-refractivity contribution < 1.29 is 0 Å². The molecule has 4 heteroatoms. The molecule has 2 aliphatic rings. The first kappa shape index (κ1) is 8.65. The Morgan fingerprint density at radius 3 is 3.00 bits per heavy atom. The van der Waals surface area contributed by atoms with Gasteiger partial charge in [0, 0.05) is 30.5 Å². The van der Waals surface area contributed by atoms with E-state index in [9.17, 15) is 0 Å². The van der Waals surface area contributed by atoms with Crippen LogP contribution in [0.1, 0.15) is 32.0 Å². The van der Waals surface area contributed by atoms with E-state index in [2.05, 4.69) is 21.2 Å². The van der Waals surface area contributed by atoms with Gasteiger partial charge in [-0.25, -0.2) is 4.98 Å². The van der Waals surface area contributed by atoms with Crippen LogP contribution in [-0.2, 0) is 6.42 Å². The summed E-state index contributed by atoms with van der Waals surface area (Å²) >= 11 is 1.58. The molecular weight excluding hydrogens is 194 g/mol. The van der Waals surface area contributed by atoms with E-state index in [4.69, 9.17) is 0 Å². The third-order valence-electron chi connectivity index (χ3n) is 3.43. The zero-order valence-corrected chi connectivity index (χ0v) is 9.26. The monoisotopic (exact) mass is 209 g/mol. The highest BCUT2D eigenvalue weighted by molar-refractivity contribution is 7.09. The fraction of sp³-hybridized carbons (Fsp3) is 0.800. The average Bonchev–Trinajstić information content (AvgIpc) is 2.93. The van der Waals surface area contributed by atoms with Crippen LogP contribution in [0.15, 0.2) is 0 Å². The number of rotatable bonds is 2. The minimum atomic E-state index is 0.776. The Kier molecular flexibility index (Phi) is 1.97. The van der Waals surface area contributed by atoms with Gasteiger partial charge in [-0.05, 0) is 25.2 Å². The predicted molar refractivity (Wildman–Crippen MR) is 57.8 cm³/mol. The van der Waals surface area contributed by atoms with Crippen molar-refractivity contribution in [3.8, 4) is 0 Å². The molecule has 1 saturated carbocycles. The summed E-state index contributed by atoms with van der Waals surface area (Å²) < 4.78 is 4.35. The maximum atomic E-state index is 4.56. The molecule has 0 aromatic carbocycles. The van der Waals surface area contributed by atoms with Crippen LogP contribution in [0.3, 0.4) is 0 Å². The quantitative estimate of drug-likeness (QED) is 0.747. The van der Waals surface area contributed by atoms with E-state index in [1.807, 2.05) is 0 Å². The van der Waals surface area contributed by atoms with Crippen molar-refractivity contribution in [1.82, 2.24) is 9.36 Å². The normalized spacial score (nSPS) is 30.2. The fourth-order valence-corrected chi connectivity index (χ4v) is 3.50. The van der Waals surface area contributed by atoms with Gasteiger partial charge in [0.15, 0.2) is 0 Å². The number of aryl methyl sites for hydroxylation is 1. The molecule has 0 spiro atoms. The first-order chi connectivity index (χ1) is 6.86. The summed E-state index contributed by atoms with van der Waals surface area (Å²) in [6, 6.07) is 0.776. The lowest BCUT2D eigenvalue weighted by molar-refractivity contribution is 0.552. The van der Waals surface area contributed by atoms with Gasteiger partial charge in [-0.1, -0.05) is 6.92 Å². The van der Waals surface area contributed by atoms with E-state index in [0.717, 1.165) is 29.3 Å². The third kappa shape index (κ3) is 1.24. The second-order valence-corrected chi connectivity index (χ2v) is 5.06. The van der Waals surface area contributed by atoms with Gasteiger partial charge < -0.3 is 4.90 Å². The minimum absolute atomic E-state index is 0.776. The van der Waals surface area contributed by atoms with Gasteiger partial charge in [0.25, 0.3) is 0 Å². The second-order valence-electron chi connectivity index (χ2n) is 4.33. The van der Waals surface area contributed by atoms with E-state index >= 15 is 0 Å². The van der Waals surface area contributed by atoms with Crippen LogP contribution in [0.4, 0.5) is 5.13 Å². The van der Waals surface area contributed by atoms with Crippen LogP contribution in [0, 0.1) is 5.92 Å². The number of hydrogen-bond donors (Lipinski definition) is 0. The molecule has 76 valence electrons. The molecule has 2 atom stereocenters. The Bertz CT molecular complexity index is 336. The molecule has 2 bridgehead atoms. The molecule has 1 aromatic heterocycles. The average molecular weight is 209 g/mol. The SMILES string of the molecule is CCc1nsc(N2CC3CCC2C3)n1. The number of fused-ring (bicyclic) bond motifs is 2. The smallest absolute Gasteiger partial charge is 0.205 e. The van der Waals surface area contributed by atoms with Crippen molar-refractivity contribution in [1.29, 1.82) is 0 Å². The van der Waals surface area contributed by atoms with Gasteiger partial charge >= 0.3 is 0 Å². The molecule has 3 nitrogen and oxygen atoms in total. The molecule has 3 rings (SSSR count). The Labute approximate surface area is 88.3 Å². The summed E-state index contributed by atoms with van der Waals surface area (Å²) in [5.41, 5.74) is 0. The van der Waals surface area contributed by atoms with E-state index in [0.29, 0.717) is 0 Å². The summed E-state index contributed by atoms with van der Waals surface area (Å²) in [6.45, 7) is 3.34. The molecule has 0 radical (unpaired) electrons. The highest BCUT2D eigenvalue weighted by Crippen LogP contribution is 2.40. The molecule has 0 amide bonds. The first-order valence-electron chi connectivity index (χ1n) is 5.46. The summed E-state index contributed by atoms with van der Waals surface area (Å²) in [5.74, 6) is 1.95. The van der Waals surface area contributed by atoms with Gasteiger partial charge in [0.2, 0.25) is 5.13 Å². The minimum Gasteiger partial charge on any atom is -0.344 e. The maximum Gasteiger partial charge on any atom is 0.205 e. The van der Waals surface area contributed by atoms with Gasteiger partial charge in [-0.3, -0.25) is 0 Å². The highest BCUT2D eigenvalue weighted by atomic mass is 32.1. The zero-order valence-electron chi connectivity index (χ0n) is 8.44. The summed E-state index contributed by atoms with van der Waals surface area (Å²) in [4.78, 5) is 7.04. The molecular formula is C10H15N3S. The molecule has 0 N–H and O–H groups in total. The van der Waals surface area contributed by atoms with Gasteiger partial charge in [-0.2, -0.15) is 4.37 Å². The molecule has 2 heterocycles. The van der Waals surface area contributed by atoms with Gasteiger partial charge in [-0.15, -0.1) is 0 Å². The van der Waals surface area contributed by atoms with Gasteiger partial charge in [0.05, 0.1) is 0 Å². The molecule has 1 aliphatic heterocycles. The van der Waals surface area contributed by atoms with Crippen molar-refractivity contribution in [3.63, 3.8) is 0 Å². The van der Waals surface area contributed by atoms with Gasteiger partial charge in [0.1, 0.15) is 5.82 Å². The van der Waals surface area contributed by atoms with E-state index < -0.39 is 0 Å². The summed E-state index contributed by atoms with van der Waals surface area (Å²) in [6.07, 6.45) is 5.14. The molecule has 14 heavy (non-hydrogen) atoms. The summed E-state index contributed by atoms with van der Waals surface area (Å²) in [5, 5.41) is 1.16. The predicted octanol–water partition coefficient (Wildman–Crippen LogP) is 2.09. The van der Waals surface area contributed by atoms with Crippen molar-refractivity contribution in [2.24, 2.45) is 5.92 Å². The van der Waals surface area contributed by atoms with Crippen molar-refractivity contribution in [2.45, 2.75) is 38.6 Å². The lowest BCUT2D eigenvalue weighted by Gasteiger charge is -2.25. The third-order valence-corrected chi connectivity index (χ3v) is 4.22. The Morgan fingerprint density at radius 1 is 1.50 bits per heavy atom. The van der Waals surface area contributed by atoms with E-state index in [1.165, 1.54) is 25.8 Å².